The average Bonchev–Trinajstić information content (AvgIpc) is 2.97. The number of amides is 1. The quantitative estimate of drug-likeness (QED) is 0.878. The Morgan fingerprint density at radius 2 is 2.00 bits per heavy atom. The van der Waals surface area contributed by atoms with Gasteiger partial charge in [0.05, 0.1) is 22.7 Å². The number of aromatic nitrogens is 1. The Morgan fingerprint density at radius 1 is 1.27 bits per heavy atom. The van der Waals surface area contributed by atoms with Crippen LogP contribution in [0.25, 0.3) is 0 Å². The van der Waals surface area contributed by atoms with Crippen LogP contribution >= 0.6 is 11.3 Å². The second kappa shape index (κ2) is 6.27. The highest BCUT2D eigenvalue weighted by Gasteiger charge is 2.33. The number of Topliss-reactive ketones (excluding diaryl/α,β-unsaturated/α-hetero) is 1. The fraction of sp³-hybridized carbons (Fsp3) is 0.214. The number of thiophene rings is 1. The molecule has 22 heavy (non-hydrogen) atoms. The van der Waals surface area contributed by atoms with Gasteiger partial charge < -0.3 is 5.32 Å². The van der Waals surface area contributed by atoms with E-state index in [0.29, 0.717) is 4.88 Å². The number of rotatable bonds is 4. The molecule has 2 rings (SSSR count). The van der Waals surface area contributed by atoms with Crippen LogP contribution in [0.5, 0.6) is 0 Å². The first-order valence-electron chi connectivity index (χ1n) is 6.19. The van der Waals surface area contributed by atoms with Gasteiger partial charge in [-0.25, -0.2) is 4.98 Å². The van der Waals surface area contributed by atoms with Crippen LogP contribution in [0.2, 0.25) is 0 Å². The number of pyridine rings is 1. The third-order valence-corrected chi connectivity index (χ3v) is 3.74. The maximum Gasteiger partial charge on any atom is 0.433 e. The van der Waals surface area contributed by atoms with Gasteiger partial charge in [-0.05, 0) is 30.5 Å². The minimum atomic E-state index is -4.56. The molecule has 0 aliphatic carbocycles. The third-order valence-electron chi connectivity index (χ3n) is 2.83. The summed E-state index contributed by atoms with van der Waals surface area (Å²) in [6, 6.07) is 5.13. The van der Waals surface area contributed by atoms with Crippen molar-refractivity contribution in [3.8, 4) is 0 Å². The molecule has 0 bridgehead atoms. The van der Waals surface area contributed by atoms with Gasteiger partial charge in [0, 0.05) is 0 Å². The molecule has 0 spiro atoms. The lowest BCUT2D eigenvalue weighted by Crippen LogP contribution is -2.30. The maximum atomic E-state index is 12.5. The van der Waals surface area contributed by atoms with Crippen LogP contribution in [-0.2, 0) is 6.18 Å². The van der Waals surface area contributed by atoms with Gasteiger partial charge in [-0.15, -0.1) is 11.3 Å². The zero-order valence-corrected chi connectivity index (χ0v) is 12.2. The average molecular weight is 328 g/mol. The smallest absolute Gasteiger partial charge is 0.344 e. The molecule has 116 valence electrons. The minimum Gasteiger partial charge on any atom is -0.344 e. The van der Waals surface area contributed by atoms with Crippen molar-refractivity contribution in [3.63, 3.8) is 0 Å². The first kappa shape index (κ1) is 16.2. The van der Waals surface area contributed by atoms with Crippen molar-refractivity contribution in [1.29, 1.82) is 0 Å². The van der Waals surface area contributed by atoms with Crippen molar-refractivity contribution in [2.75, 3.05) is 6.54 Å². The second-order valence-corrected chi connectivity index (χ2v) is 5.36. The number of alkyl halides is 3. The minimum absolute atomic E-state index is 0.00646. The Balaban J connectivity index is 2.05. The number of ketones is 1. The molecule has 0 radical (unpaired) electrons. The van der Waals surface area contributed by atoms with Gasteiger partial charge in [0.15, 0.2) is 5.78 Å². The molecule has 1 N–H and O–H groups in total. The summed E-state index contributed by atoms with van der Waals surface area (Å²) in [4.78, 5) is 27.5. The molecule has 1 amide bonds. The van der Waals surface area contributed by atoms with E-state index in [1.165, 1.54) is 18.3 Å². The van der Waals surface area contributed by atoms with Crippen molar-refractivity contribution in [1.82, 2.24) is 10.3 Å². The molecule has 0 saturated carbocycles. The van der Waals surface area contributed by atoms with E-state index < -0.39 is 17.8 Å². The molecule has 0 fully saturated rings. The molecule has 0 aromatic carbocycles. The van der Waals surface area contributed by atoms with E-state index in [0.717, 1.165) is 12.1 Å². The zero-order chi connectivity index (χ0) is 16.3. The van der Waals surface area contributed by atoms with Gasteiger partial charge in [-0.3, -0.25) is 9.59 Å². The summed E-state index contributed by atoms with van der Waals surface area (Å²) in [5.74, 6) is -0.899. The van der Waals surface area contributed by atoms with Crippen LogP contribution in [0, 0.1) is 6.92 Å². The molecule has 0 unspecified atom stereocenters. The lowest BCUT2D eigenvalue weighted by Gasteiger charge is -2.10. The summed E-state index contributed by atoms with van der Waals surface area (Å²) in [6.45, 7) is 1.09. The number of nitrogens with zero attached hydrogens (tertiary/aromatic N) is 1. The SMILES string of the molecule is Cc1nc(C(F)(F)F)ccc1C(=O)NCC(=O)c1cccs1. The summed E-state index contributed by atoms with van der Waals surface area (Å²) in [6.07, 6.45) is -4.56. The highest BCUT2D eigenvalue weighted by Crippen LogP contribution is 2.28. The van der Waals surface area contributed by atoms with Crippen molar-refractivity contribution >= 4 is 23.0 Å². The number of hydrogen-bond acceptors (Lipinski definition) is 4. The molecule has 0 aliphatic heterocycles. The highest BCUT2D eigenvalue weighted by atomic mass is 32.1. The molecule has 2 aromatic heterocycles. The number of carbonyl (C=O) groups excluding carboxylic acids is 2. The number of halogens is 3. The fourth-order valence-electron chi connectivity index (χ4n) is 1.74. The first-order valence-corrected chi connectivity index (χ1v) is 7.07. The van der Waals surface area contributed by atoms with E-state index >= 15 is 0 Å². The largest absolute Gasteiger partial charge is 0.433 e. The maximum absolute atomic E-state index is 12.5. The summed E-state index contributed by atoms with van der Waals surface area (Å²) < 4.78 is 37.5. The Hall–Kier alpha value is -2.22. The van der Waals surface area contributed by atoms with Crippen LogP contribution in [0.4, 0.5) is 13.2 Å². The van der Waals surface area contributed by atoms with Crippen LogP contribution in [0.15, 0.2) is 29.6 Å². The van der Waals surface area contributed by atoms with E-state index in [9.17, 15) is 22.8 Å². The first-order chi connectivity index (χ1) is 10.3. The summed E-state index contributed by atoms with van der Waals surface area (Å²) in [5, 5.41) is 4.12. The molecule has 4 nitrogen and oxygen atoms in total. The predicted octanol–water partition coefficient (Wildman–Crippen LogP) is 3.08. The molecule has 2 heterocycles. The van der Waals surface area contributed by atoms with Gasteiger partial charge in [0.25, 0.3) is 5.91 Å². The van der Waals surface area contributed by atoms with Crippen molar-refractivity contribution < 1.29 is 22.8 Å². The van der Waals surface area contributed by atoms with Crippen molar-refractivity contribution in [2.45, 2.75) is 13.1 Å². The number of carbonyl (C=O) groups is 2. The lowest BCUT2D eigenvalue weighted by atomic mass is 10.1. The summed E-state index contributed by atoms with van der Waals surface area (Å²) >= 11 is 1.25. The molecule has 0 atom stereocenters. The predicted molar refractivity (Wildman–Crippen MR) is 75.0 cm³/mol. The standard InChI is InChI=1S/C14H11F3N2O2S/c1-8-9(4-5-12(19-8)14(15,16)17)13(21)18-7-10(20)11-3-2-6-22-11/h2-6H,7H2,1H3,(H,18,21). The Labute approximate surface area is 128 Å². The molecule has 0 saturated heterocycles. The Kier molecular flexibility index (Phi) is 4.60. The van der Waals surface area contributed by atoms with E-state index in [4.69, 9.17) is 0 Å². The van der Waals surface area contributed by atoms with Crippen molar-refractivity contribution in [2.24, 2.45) is 0 Å². The zero-order valence-electron chi connectivity index (χ0n) is 11.4. The van der Waals surface area contributed by atoms with E-state index in [2.05, 4.69) is 10.3 Å². The summed E-state index contributed by atoms with van der Waals surface area (Å²) in [7, 11) is 0. The summed E-state index contributed by atoms with van der Waals surface area (Å²) in [5.41, 5.74) is -1.10. The third kappa shape index (κ3) is 3.70. The Morgan fingerprint density at radius 3 is 2.55 bits per heavy atom. The van der Waals surface area contributed by atoms with Gasteiger partial charge in [0.2, 0.25) is 0 Å². The Bertz CT molecular complexity index is 697. The van der Waals surface area contributed by atoms with E-state index in [1.54, 1.807) is 17.5 Å². The van der Waals surface area contributed by atoms with Crippen LogP contribution in [-0.4, -0.2) is 23.2 Å². The molecular formula is C14H11F3N2O2S. The van der Waals surface area contributed by atoms with Gasteiger partial charge in [0.1, 0.15) is 5.69 Å². The van der Waals surface area contributed by atoms with Gasteiger partial charge in [-0.2, -0.15) is 13.2 Å². The highest BCUT2D eigenvalue weighted by molar-refractivity contribution is 7.12. The van der Waals surface area contributed by atoms with Gasteiger partial charge >= 0.3 is 6.18 Å². The fourth-order valence-corrected chi connectivity index (χ4v) is 2.40. The van der Waals surface area contributed by atoms with Crippen LogP contribution in [0.1, 0.15) is 31.4 Å². The monoisotopic (exact) mass is 328 g/mol. The number of hydrogen-bond donors (Lipinski definition) is 1. The molecular weight excluding hydrogens is 317 g/mol. The van der Waals surface area contributed by atoms with E-state index in [-0.39, 0.29) is 23.6 Å². The second-order valence-electron chi connectivity index (χ2n) is 4.41. The van der Waals surface area contributed by atoms with Gasteiger partial charge in [-0.1, -0.05) is 6.07 Å². The van der Waals surface area contributed by atoms with Crippen LogP contribution in [0.3, 0.4) is 0 Å². The van der Waals surface area contributed by atoms with Crippen LogP contribution < -0.4 is 5.32 Å². The normalized spacial score (nSPS) is 11.3. The number of aryl methyl sites for hydroxylation is 1. The molecule has 8 heteroatoms. The lowest BCUT2D eigenvalue weighted by molar-refractivity contribution is -0.141. The van der Waals surface area contributed by atoms with E-state index in [1.807, 2.05) is 0 Å². The molecule has 0 aliphatic rings. The number of nitrogens with one attached hydrogen (secondary N) is 1. The molecule has 2 aromatic rings. The van der Waals surface area contributed by atoms with Crippen molar-refractivity contribution in [3.05, 3.63) is 51.5 Å². The topological polar surface area (TPSA) is 59.1 Å².